The minimum Gasteiger partial charge on any atom is -0.497 e. The molecule has 0 bridgehead atoms. The van der Waals surface area contributed by atoms with Gasteiger partial charge in [-0.1, -0.05) is 18.2 Å². The lowest BCUT2D eigenvalue weighted by molar-refractivity contribution is -0.126. The lowest BCUT2D eigenvalue weighted by atomic mass is 9.95. The van der Waals surface area contributed by atoms with Crippen LogP contribution in [0.2, 0.25) is 0 Å². The van der Waals surface area contributed by atoms with Gasteiger partial charge in [-0.3, -0.25) is 4.79 Å². The molecular formula is C19H21NO4. The van der Waals surface area contributed by atoms with E-state index in [0.717, 1.165) is 28.4 Å². The van der Waals surface area contributed by atoms with Gasteiger partial charge in [0.15, 0.2) is 0 Å². The van der Waals surface area contributed by atoms with Crippen LogP contribution in [0.25, 0.3) is 0 Å². The molecule has 1 atom stereocenters. The lowest BCUT2D eigenvalue weighted by Gasteiger charge is -2.25. The second-order valence-corrected chi connectivity index (χ2v) is 5.72. The summed E-state index contributed by atoms with van der Waals surface area (Å²) in [4.78, 5) is 12.5. The quantitative estimate of drug-likeness (QED) is 0.917. The summed E-state index contributed by atoms with van der Waals surface area (Å²) in [5.74, 6) is 2.14. The first-order chi connectivity index (χ1) is 11.7. The van der Waals surface area contributed by atoms with E-state index < -0.39 is 0 Å². The first-order valence-corrected chi connectivity index (χ1v) is 7.90. The molecule has 24 heavy (non-hydrogen) atoms. The highest BCUT2D eigenvalue weighted by Gasteiger charge is 2.26. The summed E-state index contributed by atoms with van der Waals surface area (Å²) in [5, 5.41) is 2.97. The van der Waals surface area contributed by atoms with E-state index in [2.05, 4.69) is 5.32 Å². The summed E-state index contributed by atoms with van der Waals surface area (Å²) in [6.45, 7) is 0.821. The predicted molar refractivity (Wildman–Crippen MR) is 90.5 cm³/mol. The van der Waals surface area contributed by atoms with Gasteiger partial charge in [-0.25, -0.2) is 0 Å². The molecule has 1 amide bonds. The highest BCUT2D eigenvalue weighted by Crippen LogP contribution is 2.30. The fraction of sp³-hybridized carbons (Fsp3) is 0.316. The predicted octanol–water partition coefficient (Wildman–Crippen LogP) is 2.57. The third-order valence-corrected chi connectivity index (χ3v) is 4.19. The Hall–Kier alpha value is -2.69. The smallest absolute Gasteiger partial charge is 0.227 e. The van der Waals surface area contributed by atoms with Crippen LogP contribution in [-0.4, -0.2) is 26.7 Å². The molecule has 5 nitrogen and oxygen atoms in total. The molecule has 126 valence electrons. The molecule has 1 N–H and O–H groups in total. The maximum Gasteiger partial charge on any atom is 0.227 e. The van der Waals surface area contributed by atoms with Crippen LogP contribution in [0.1, 0.15) is 11.1 Å². The Labute approximate surface area is 141 Å². The van der Waals surface area contributed by atoms with E-state index in [-0.39, 0.29) is 11.8 Å². The molecule has 2 aromatic rings. The first-order valence-electron chi connectivity index (χ1n) is 7.90. The van der Waals surface area contributed by atoms with Crippen molar-refractivity contribution in [1.29, 1.82) is 0 Å². The zero-order chi connectivity index (χ0) is 16.9. The molecule has 5 heteroatoms. The second kappa shape index (κ2) is 7.25. The number of amides is 1. The second-order valence-electron chi connectivity index (χ2n) is 5.72. The highest BCUT2D eigenvalue weighted by atomic mass is 16.5. The van der Waals surface area contributed by atoms with E-state index in [0.29, 0.717) is 19.6 Å². The topological polar surface area (TPSA) is 56.8 Å². The average molecular weight is 327 g/mol. The van der Waals surface area contributed by atoms with E-state index in [1.807, 2.05) is 42.5 Å². The number of nitrogens with one attached hydrogen (secondary N) is 1. The van der Waals surface area contributed by atoms with Crippen molar-refractivity contribution in [2.24, 2.45) is 5.92 Å². The van der Waals surface area contributed by atoms with Crippen LogP contribution in [0.5, 0.6) is 17.2 Å². The Morgan fingerprint density at radius 1 is 1.21 bits per heavy atom. The molecule has 0 fully saturated rings. The minimum atomic E-state index is -0.209. The van der Waals surface area contributed by atoms with E-state index >= 15 is 0 Å². The average Bonchev–Trinajstić information content (AvgIpc) is 2.65. The number of ether oxygens (including phenoxy) is 3. The zero-order valence-corrected chi connectivity index (χ0v) is 13.9. The molecule has 1 aliphatic heterocycles. The highest BCUT2D eigenvalue weighted by molar-refractivity contribution is 5.79. The Kier molecular flexibility index (Phi) is 4.89. The minimum absolute atomic E-state index is 0.0191. The van der Waals surface area contributed by atoms with Crippen LogP contribution in [0.3, 0.4) is 0 Å². The molecule has 0 spiro atoms. The molecule has 0 aromatic heterocycles. The Morgan fingerprint density at radius 2 is 2.04 bits per heavy atom. The van der Waals surface area contributed by atoms with Crippen molar-refractivity contribution in [3.63, 3.8) is 0 Å². The van der Waals surface area contributed by atoms with Crippen molar-refractivity contribution in [2.45, 2.75) is 13.0 Å². The number of hydrogen-bond donors (Lipinski definition) is 1. The number of para-hydroxylation sites is 1. The van der Waals surface area contributed by atoms with Gasteiger partial charge in [0.05, 0.1) is 20.1 Å². The number of methoxy groups -OCH3 is 2. The molecule has 0 saturated heterocycles. The summed E-state index contributed by atoms with van der Waals surface area (Å²) >= 11 is 0. The van der Waals surface area contributed by atoms with Gasteiger partial charge >= 0.3 is 0 Å². The number of hydrogen-bond acceptors (Lipinski definition) is 4. The molecule has 1 heterocycles. The number of carbonyl (C=O) groups is 1. The van der Waals surface area contributed by atoms with Crippen molar-refractivity contribution in [3.05, 3.63) is 53.6 Å². The normalized spacial score (nSPS) is 15.8. The molecule has 0 aliphatic carbocycles. The van der Waals surface area contributed by atoms with Crippen LogP contribution >= 0.6 is 0 Å². The van der Waals surface area contributed by atoms with Gasteiger partial charge in [0.2, 0.25) is 5.91 Å². The van der Waals surface area contributed by atoms with Gasteiger partial charge in [-0.15, -0.1) is 0 Å². The Bertz CT molecular complexity index is 729. The van der Waals surface area contributed by atoms with Gasteiger partial charge in [-0.05, 0) is 36.2 Å². The number of benzene rings is 2. The maximum absolute atomic E-state index is 12.5. The van der Waals surface area contributed by atoms with Gasteiger partial charge < -0.3 is 19.5 Å². The van der Waals surface area contributed by atoms with E-state index in [1.54, 1.807) is 14.2 Å². The third kappa shape index (κ3) is 3.45. The molecule has 0 unspecified atom stereocenters. The van der Waals surface area contributed by atoms with E-state index in [4.69, 9.17) is 14.2 Å². The molecule has 0 radical (unpaired) electrons. The fourth-order valence-corrected chi connectivity index (χ4v) is 2.84. The zero-order valence-electron chi connectivity index (χ0n) is 13.9. The van der Waals surface area contributed by atoms with Gasteiger partial charge in [-0.2, -0.15) is 0 Å². The van der Waals surface area contributed by atoms with Crippen molar-refractivity contribution < 1.29 is 19.0 Å². The molecule has 1 aliphatic rings. The summed E-state index contributed by atoms with van der Waals surface area (Å²) in [6.07, 6.45) is 0.643. The molecule has 2 aromatic carbocycles. The fourth-order valence-electron chi connectivity index (χ4n) is 2.84. The monoisotopic (exact) mass is 327 g/mol. The summed E-state index contributed by atoms with van der Waals surface area (Å²) < 4.78 is 16.3. The van der Waals surface area contributed by atoms with Crippen molar-refractivity contribution in [2.75, 3.05) is 20.8 Å². The summed E-state index contributed by atoms with van der Waals surface area (Å²) in [5.41, 5.74) is 1.95. The van der Waals surface area contributed by atoms with Crippen LogP contribution in [-0.2, 0) is 17.8 Å². The van der Waals surface area contributed by atoms with Crippen LogP contribution in [0.4, 0.5) is 0 Å². The van der Waals surface area contributed by atoms with Crippen LogP contribution < -0.4 is 19.5 Å². The van der Waals surface area contributed by atoms with E-state index in [9.17, 15) is 4.79 Å². The Balaban J connectivity index is 1.63. The summed E-state index contributed by atoms with van der Waals surface area (Å²) in [6, 6.07) is 13.3. The van der Waals surface area contributed by atoms with Gasteiger partial charge in [0, 0.05) is 12.1 Å². The van der Waals surface area contributed by atoms with Crippen LogP contribution in [0, 0.1) is 5.92 Å². The summed E-state index contributed by atoms with van der Waals surface area (Å²) in [7, 11) is 3.25. The van der Waals surface area contributed by atoms with E-state index in [1.165, 1.54) is 0 Å². The number of carbonyl (C=O) groups excluding carboxylic acids is 1. The SMILES string of the molecule is COc1ccc2c(c1)C[C@@H](C(=O)NCc1ccccc1OC)CO2. The molecular weight excluding hydrogens is 306 g/mol. The van der Waals surface area contributed by atoms with Crippen molar-refractivity contribution in [3.8, 4) is 17.2 Å². The van der Waals surface area contributed by atoms with Crippen LogP contribution in [0.15, 0.2) is 42.5 Å². The van der Waals surface area contributed by atoms with Gasteiger partial charge in [0.25, 0.3) is 0 Å². The number of fused-ring (bicyclic) bond motifs is 1. The molecule has 3 rings (SSSR count). The first kappa shape index (κ1) is 16.2. The molecule has 0 saturated carbocycles. The Morgan fingerprint density at radius 3 is 2.83 bits per heavy atom. The lowest BCUT2D eigenvalue weighted by Crippen LogP contribution is -2.37. The van der Waals surface area contributed by atoms with Crippen molar-refractivity contribution >= 4 is 5.91 Å². The standard InChI is InChI=1S/C19H21NO4/c1-22-16-7-8-18-14(10-16)9-15(12-24-18)19(21)20-11-13-5-3-4-6-17(13)23-2/h3-8,10,15H,9,11-12H2,1-2H3,(H,20,21)/t15-/m1/s1. The third-order valence-electron chi connectivity index (χ3n) is 4.19. The van der Waals surface area contributed by atoms with Gasteiger partial charge in [0.1, 0.15) is 23.9 Å². The largest absolute Gasteiger partial charge is 0.497 e. The van der Waals surface area contributed by atoms with Crippen molar-refractivity contribution in [1.82, 2.24) is 5.32 Å². The number of rotatable bonds is 5. The maximum atomic E-state index is 12.5.